The van der Waals surface area contributed by atoms with Gasteiger partial charge in [-0.1, -0.05) is 6.42 Å². The molecule has 8 heteroatoms. The van der Waals surface area contributed by atoms with E-state index in [1.165, 1.54) is 6.42 Å². The van der Waals surface area contributed by atoms with E-state index >= 15 is 0 Å². The predicted molar refractivity (Wildman–Crippen MR) is 105 cm³/mol. The number of rotatable bonds is 3. The zero-order chi connectivity index (χ0) is 19.5. The minimum Gasteiger partial charge on any atom is -0.342 e. The number of piperidine rings is 2. The van der Waals surface area contributed by atoms with Crippen molar-refractivity contribution in [3.8, 4) is 0 Å². The third kappa shape index (κ3) is 4.06. The van der Waals surface area contributed by atoms with Crippen molar-refractivity contribution in [2.75, 3.05) is 39.3 Å². The number of carbonyl (C=O) groups excluding carboxylic acids is 2. The van der Waals surface area contributed by atoms with Crippen LogP contribution in [0.2, 0.25) is 0 Å². The summed E-state index contributed by atoms with van der Waals surface area (Å²) in [5.74, 6) is 2.31. The van der Waals surface area contributed by atoms with Gasteiger partial charge in [0.05, 0.1) is 12.6 Å². The van der Waals surface area contributed by atoms with Gasteiger partial charge in [0, 0.05) is 46.1 Å². The van der Waals surface area contributed by atoms with Gasteiger partial charge in [-0.3, -0.25) is 14.5 Å². The molecule has 2 amide bonds. The Balaban J connectivity index is 1.49. The lowest BCUT2D eigenvalue weighted by atomic mass is 10.0. The topological polar surface area (TPSA) is 74.6 Å². The fourth-order valence-electron chi connectivity index (χ4n) is 4.80. The van der Waals surface area contributed by atoms with Crippen LogP contribution in [-0.4, -0.2) is 80.5 Å². The minimum atomic E-state index is 0.117. The first-order valence-corrected chi connectivity index (χ1v) is 10.8. The zero-order valence-electron chi connectivity index (χ0n) is 17.0. The second kappa shape index (κ2) is 8.59. The molecule has 1 aromatic heterocycles. The summed E-state index contributed by atoms with van der Waals surface area (Å²) in [5, 5.41) is 8.99. The second-order valence-corrected chi connectivity index (χ2v) is 8.31. The summed E-state index contributed by atoms with van der Waals surface area (Å²) in [6.07, 6.45) is 7.52. The molecule has 0 unspecified atom stereocenters. The Hall–Kier alpha value is -1.96. The maximum atomic E-state index is 12.8. The largest absolute Gasteiger partial charge is 0.342 e. The molecule has 0 spiro atoms. The van der Waals surface area contributed by atoms with Gasteiger partial charge >= 0.3 is 0 Å². The van der Waals surface area contributed by atoms with Gasteiger partial charge in [0.1, 0.15) is 11.6 Å². The molecule has 3 aliphatic rings. The van der Waals surface area contributed by atoms with Crippen molar-refractivity contribution in [3.05, 3.63) is 11.6 Å². The van der Waals surface area contributed by atoms with Gasteiger partial charge in [-0.2, -0.15) is 0 Å². The van der Waals surface area contributed by atoms with Crippen molar-refractivity contribution in [2.24, 2.45) is 0 Å². The van der Waals surface area contributed by atoms with Crippen molar-refractivity contribution >= 4 is 11.8 Å². The number of carbonyl (C=O) groups is 2. The highest BCUT2D eigenvalue weighted by Gasteiger charge is 2.32. The summed E-state index contributed by atoms with van der Waals surface area (Å²) in [6.45, 7) is 6.99. The molecule has 8 nitrogen and oxygen atoms in total. The van der Waals surface area contributed by atoms with Crippen LogP contribution in [0.1, 0.15) is 63.1 Å². The van der Waals surface area contributed by atoms with E-state index in [0.717, 1.165) is 76.4 Å². The van der Waals surface area contributed by atoms with Gasteiger partial charge in [0.2, 0.25) is 11.8 Å². The van der Waals surface area contributed by atoms with E-state index < -0.39 is 0 Å². The van der Waals surface area contributed by atoms with Crippen LogP contribution >= 0.6 is 0 Å². The van der Waals surface area contributed by atoms with Crippen LogP contribution < -0.4 is 0 Å². The highest BCUT2D eigenvalue weighted by atomic mass is 16.2. The fourth-order valence-corrected chi connectivity index (χ4v) is 4.80. The summed E-state index contributed by atoms with van der Waals surface area (Å²) in [5.41, 5.74) is 0. The Morgan fingerprint density at radius 2 is 1.68 bits per heavy atom. The summed E-state index contributed by atoms with van der Waals surface area (Å²) in [7, 11) is 0. The van der Waals surface area contributed by atoms with Gasteiger partial charge in [0.15, 0.2) is 0 Å². The van der Waals surface area contributed by atoms with Crippen LogP contribution in [-0.2, 0) is 22.6 Å². The maximum Gasteiger partial charge on any atom is 0.236 e. The molecule has 0 saturated carbocycles. The van der Waals surface area contributed by atoms with Crippen LogP contribution in [0.15, 0.2) is 0 Å². The normalized spacial score (nSPS) is 24.0. The monoisotopic (exact) mass is 388 g/mol. The van der Waals surface area contributed by atoms with Crippen molar-refractivity contribution in [1.29, 1.82) is 0 Å². The van der Waals surface area contributed by atoms with Crippen molar-refractivity contribution in [2.45, 2.75) is 64.5 Å². The number of aromatic nitrogens is 3. The third-order valence-electron chi connectivity index (χ3n) is 6.46. The van der Waals surface area contributed by atoms with Crippen molar-refractivity contribution in [3.63, 3.8) is 0 Å². The molecular weight excluding hydrogens is 356 g/mol. The molecule has 3 aliphatic heterocycles. The van der Waals surface area contributed by atoms with Gasteiger partial charge in [-0.25, -0.2) is 0 Å². The Bertz CT molecular complexity index is 712. The average molecular weight is 389 g/mol. The number of likely N-dealkylation sites (tertiary alicyclic amines) is 2. The van der Waals surface area contributed by atoms with E-state index in [1.54, 1.807) is 6.92 Å². The molecular formula is C20H32N6O2. The summed E-state index contributed by atoms with van der Waals surface area (Å²) >= 11 is 0. The van der Waals surface area contributed by atoms with E-state index in [-0.39, 0.29) is 17.9 Å². The van der Waals surface area contributed by atoms with Gasteiger partial charge < -0.3 is 14.4 Å². The van der Waals surface area contributed by atoms with Crippen LogP contribution in [0.4, 0.5) is 0 Å². The number of nitrogens with zero attached hydrogens (tertiary/aromatic N) is 6. The van der Waals surface area contributed by atoms with Crippen molar-refractivity contribution in [1.82, 2.24) is 29.5 Å². The molecule has 0 aliphatic carbocycles. The van der Waals surface area contributed by atoms with Crippen LogP contribution in [0.5, 0.6) is 0 Å². The first-order valence-electron chi connectivity index (χ1n) is 10.8. The standard InChI is InChI=1S/C20H32N6O2/c1-16(27)23-12-8-18-21-22-20(26(18)14-13-23)17-7-3-6-11-25(17)15-19(28)24-9-4-2-5-10-24/h17H,2-15H2,1H3/t17-/m0/s1. The van der Waals surface area contributed by atoms with Crippen LogP contribution in [0.3, 0.4) is 0 Å². The van der Waals surface area contributed by atoms with E-state index in [0.29, 0.717) is 19.6 Å². The highest BCUT2D eigenvalue weighted by molar-refractivity contribution is 5.78. The Morgan fingerprint density at radius 3 is 2.46 bits per heavy atom. The number of hydrogen-bond donors (Lipinski definition) is 0. The predicted octanol–water partition coefficient (Wildman–Crippen LogP) is 1.22. The maximum absolute atomic E-state index is 12.8. The number of amides is 2. The molecule has 4 heterocycles. The number of hydrogen-bond acceptors (Lipinski definition) is 5. The molecule has 2 saturated heterocycles. The molecule has 28 heavy (non-hydrogen) atoms. The zero-order valence-corrected chi connectivity index (χ0v) is 17.0. The van der Waals surface area contributed by atoms with Crippen molar-refractivity contribution < 1.29 is 9.59 Å². The van der Waals surface area contributed by atoms with E-state index in [4.69, 9.17) is 0 Å². The molecule has 2 fully saturated rings. The number of fused-ring (bicyclic) bond motifs is 1. The molecule has 0 N–H and O–H groups in total. The molecule has 4 rings (SSSR count). The molecule has 0 aromatic carbocycles. The first kappa shape index (κ1) is 19.4. The summed E-state index contributed by atoms with van der Waals surface area (Å²) in [6, 6.07) is 0.146. The molecule has 0 bridgehead atoms. The third-order valence-corrected chi connectivity index (χ3v) is 6.46. The fraction of sp³-hybridized carbons (Fsp3) is 0.800. The molecule has 1 aromatic rings. The lowest BCUT2D eigenvalue weighted by molar-refractivity contribution is -0.134. The van der Waals surface area contributed by atoms with Gasteiger partial charge in [-0.15, -0.1) is 10.2 Å². The molecule has 1 atom stereocenters. The van der Waals surface area contributed by atoms with E-state index in [1.807, 2.05) is 9.80 Å². The SMILES string of the molecule is CC(=O)N1CCc2nnc([C@@H]3CCCCN3CC(=O)N3CCCCC3)n2CC1. The average Bonchev–Trinajstić information content (AvgIpc) is 2.99. The van der Waals surface area contributed by atoms with Gasteiger partial charge in [0.25, 0.3) is 0 Å². The lowest BCUT2D eigenvalue weighted by Gasteiger charge is -2.36. The van der Waals surface area contributed by atoms with Gasteiger partial charge in [-0.05, 0) is 38.6 Å². The van der Waals surface area contributed by atoms with Crippen LogP contribution in [0.25, 0.3) is 0 Å². The quantitative estimate of drug-likeness (QED) is 0.778. The van der Waals surface area contributed by atoms with Crippen LogP contribution in [0, 0.1) is 0 Å². The first-order chi connectivity index (χ1) is 13.6. The molecule has 0 radical (unpaired) electrons. The van der Waals surface area contributed by atoms with E-state index in [9.17, 15) is 9.59 Å². The lowest BCUT2D eigenvalue weighted by Crippen LogP contribution is -2.45. The minimum absolute atomic E-state index is 0.117. The second-order valence-electron chi connectivity index (χ2n) is 8.31. The Labute approximate surface area is 166 Å². The summed E-state index contributed by atoms with van der Waals surface area (Å²) in [4.78, 5) is 30.8. The highest BCUT2D eigenvalue weighted by Crippen LogP contribution is 2.31. The van der Waals surface area contributed by atoms with E-state index in [2.05, 4.69) is 19.7 Å². The Morgan fingerprint density at radius 1 is 0.893 bits per heavy atom. The smallest absolute Gasteiger partial charge is 0.236 e. The molecule has 154 valence electrons. The Kier molecular flexibility index (Phi) is 5.94. The summed E-state index contributed by atoms with van der Waals surface area (Å²) < 4.78 is 2.21.